The first-order valence-electron chi connectivity index (χ1n) is 3.98. The highest BCUT2D eigenvalue weighted by Gasteiger charge is 2.10. The molecule has 0 bridgehead atoms. The van der Waals surface area contributed by atoms with Crippen molar-refractivity contribution in [1.29, 1.82) is 0 Å². The van der Waals surface area contributed by atoms with E-state index in [0.717, 1.165) is 5.69 Å². The highest BCUT2D eigenvalue weighted by Crippen LogP contribution is 2.17. The van der Waals surface area contributed by atoms with Crippen molar-refractivity contribution in [2.24, 2.45) is 11.7 Å². The van der Waals surface area contributed by atoms with E-state index in [1.807, 2.05) is 12.1 Å². The second-order valence-electron chi connectivity index (χ2n) is 3.17. The molecular weight excluding hydrogens is 207 g/mol. The van der Waals surface area contributed by atoms with Gasteiger partial charge in [0.05, 0.1) is 10.7 Å². The molecule has 0 fully saturated rings. The number of nitrogens with zero attached hydrogens (tertiary/aromatic N) is 1. The maximum Gasteiger partial charge on any atom is 0.0589 e. The summed E-state index contributed by atoms with van der Waals surface area (Å²) in [6.07, 6.45) is 1.62. The summed E-state index contributed by atoms with van der Waals surface area (Å²) in [4.78, 5) is 4.14. The standard InChI is InChI=1S/C9H13ClN2.ClH/c1-6(2)9(11)8-4-3-7(10)5-12-8;/h3-6,9H,11H2,1-2H3;1H/t9-;/m1./s1. The SMILES string of the molecule is CC(C)[C@@H](N)c1ccc(Cl)cn1.Cl. The van der Waals surface area contributed by atoms with Gasteiger partial charge in [-0.05, 0) is 18.1 Å². The lowest BCUT2D eigenvalue weighted by Gasteiger charge is -2.14. The van der Waals surface area contributed by atoms with Crippen LogP contribution in [0, 0.1) is 5.92 Å². The highest BCUT2D eigenvalue weighted by molar-refractivity contribution is 6.30. The lowest BCUT2D eigenvalue weighted by molar-refractivity contribution is 0.503. The summed E-state index contributed by atoms with van der Waals surface area (Å²) < 4.78 is 0. The molecule has 1 aromatic heterocycles. The van der Waals surface area contributed by atoms with Gasteiger partial charge in [0.2, 0.25) is 0 Å². The molecule has 2 nitrogen and oxygen atoms in total. The van der Waals surface area contributed by atoms with Gasteiger partial charge in [-0.3, -0.25) is 4.98 Å². The molecule has 74 valence electrons. The van der Waals surface area contributed by atoms with Gasteiger partial charge in [-0.25, -0.2) is 0 Å². The maximum atomic E-state index is 5.88. The molecule has 1 rings (SSSR count). The van der Waals surface area contributed by atoms with E-state index in [2.05, 4.69) is 18.8 Å². The first kappa shape index (κ1) is 12.7. The summed E-state index contributed by atoms with van der Waals surface area (Å²) in [5.41, 5.74) is 6.78. The zero-order valence-electron chi connectivity index (χ0n) is 7.70. The van der Waals surface area contributed by atoms with E-state index in [-0.39, 0.29) is 18.4 Å². The molecule has 1 atom stereocenters. The molecule has 0 saturated carbocycles. The van der Waals surface area contributed by atoms with Crippen LogP contribution in [0.15, 0.2) is 18.3 Å². The van der Waals surface area contributed by atoms with Crippen LogP contribution in [0.4, 0.5) is 0 Å². The summed E-state index contributed by atoms with van der Waals surface area (Å²) in [7, 11) is 0. The lowest BCUT2D eigenvalue weighted by Crippen LogP contribution is -2.17. The molecule has 1 aromatic rings. The fourth-order valence-corrected chi connectivity index (χ4v) is 1.04. The van der Waals surface area contributed by atoms with Crippen molar-refractivity contribution in [1.82, 2.24) is 4.98 Å². The van der Waals surface area contributed by atoms with E-state index in [1.54, 1.807) is 6.20 Å². The van der Waals surface area contributed by atoms with Gasteiger partial charge in [0, 0.05) is 12.2 Å². The fraction of sp³-hybridized carbons (Fsp3) is 0.444. The molecular formula is C9H14Cl2N2. The summed E-state index contributed by atoms with van der Waals surface area (Å²) in [6, 6.07) is 3.68. The van der Waals surface area contributed by atoms with Crippen molar-refractivity contribution in [3.05, 3.63) is 29.0 Å². The first-order valence-corrected chi connectivity index (χ1v) is 4.36. The smallest absolute Gasteiger partial charge is 0.0589 e. The average molecular weight is 221 g/mol. The van der Waals surface area contributed by atoms with Crippen molar-refractivity contribution >= 4 is 24.0 Å². The monoisotopic (exact) mass is 220 g/mol. The molecule has 0 aliphatic rings. The Hall–Kier alpha value is -0.310. The number of hydrogen-bond acceptors (Lipinski definition) is 2. The number of rotatable bonds is 2. The van der Waals surface area contributed by atoms with Crippen LogP contribution in [-0.4, -0.2) is 4.98 Å². The predicted molar refractivity (Wildman–Crippen MR) is 58.3 cm³/mol. The van der Waals surface area contributed by atoms with Crippen LogP contribution in [-0.2, 0) is 0 Å². The number of hydrogen-bond donors (Lipinski definition) is 1. The van der Waals surface area contributed by atoms with Crippen LogP contribution >= 0.6 is 24.0 Å². The van der Waals surface area contributed by atoms with Crippen LogP contribution in [0.2, 0.25) is 5.02 Å². The Morgan fingerprint density at radius 2 is 2.00 bits per heavy atom. The Bertz CT molecular complexity index is 246. The Morgan fingerprint density at radius 3 is 2.38 bits per heavy atom. The van der Waals surface area contributed by atoms with Crippen molar-refractivity contribution < 1.29 is 0 Å². The van der Waals surface area contributed by atoms with Crippen molar-refractivity contribution in [2.45, 2.75) is 19.9 Å². The van der Waals surface area contributed by atoms with Gasteiger partial charge < -0.3 is 5.73 Å². The maximum absolute atomic E-state index is 5.88. The molecule has 0 amide bonds. The van der Waals surface area contributed by atoms with Gasteiger partial charge in [0.1, 0.15) is 0 Å². The second-order valence-corrected chi connectivity index (χ2v) is 3.61. The molecule has 4 heteroatoms. The third-order valence-electron chi connectivity index (χ3n) is 1.81. The molecule has 0 aromatic carbocycles. The minimum atomic E-state index is 0. The van der Waals surface area contributed by atoms with E-state index in [0.29, 0.717) is 10.9 Å². The molecule has 0 unspecified atom stereocenters. The Labute approximate surface area is 89.9 Å². The van der Waals surface area contributed by atoms with Crippen LogP contribution in [0.25, 0.3) is 0 Å². The van der Waals surface area contributed by atoms with Gasteiger partial charge in [-0.15, -0.1) is 12.4 Å². The van der Waals surface area contributed by atoms with E-state index >= 15 is 0 Å². The second kappa shape index (κ2) is 5.43. The Balaban J connectivity index is 0.00000144. The van der Waals surface area contributed by atoms with Crippen molar-refractivity contribution in [3.63, 3.8) is 0 Å². The average Bonchev–Trinajstić information content (AvgIpc) is 2.04. The predicted octanol–water partition coefficient (Wildman–Crippen LogP) is 2.81. The fourth-order valence-electron chi connectivity index (χ4n) is 0.926. The molecule has 2 N–H and O–H groups in total. The minimum Gasteiger partial charge on any atom is -0.322 e. The zero-order valence-corrected chi connectivity index (χ0v) is 9.27. The molecule has 0 aliphatic heterocycles. The Kier molecular flexibility index (Phi) is 5.30. The van der Waals surface area contributed by atoms with Crippen LogP contribution in [0.5, 0.6) is 0 Å². The van der Waals surface area contributed by atoms with E-state index in [9.17, 15) is 0 Å². The normalized spacial score (nSPS) is 12.4. The molecule has 0 radical (unpaired) electrons. The highest BCUT2D eigenvalue weighted by atomic mass is 35.5. The number of pyridine rings is 1. The lowest BCUT2D eigenvalue weighted by atomic mass is 10.0. The van der Waals surface area contributed by atoms with Crippen LogP contribution in [0.1, 0.15) is 25.6 Å². The summed E-state index contributed by atoms with van der Waals surface area (Å²) in [5.74, 6) is 0.402. The molecule has 0 saturated heterocycles. The molecule has 0 aliphatic carbocycles. The van der Waals surface area contributed by atoms with Crippen molar-refractivity contribution in [3.8, 4) is 0 Å². The van der Waals surface area contributed by atoms with Gasteiger partial charge in [0.25, 0.3) is 0 Å². The van der Waals surface area contributed by atoms with E-state index in [1.165, 1.54) is 0 Å². The first-order chi connectivity index (χ1) is 5.61. The molecule has 13 heavy (non-hydrogen) atoms. The number of nitrogens with two attached hydrogens (primary N) is 1. The quantitative estimate of drug-likeness (QED) is 0.833. The van der Waals surface area contributed by atoms with E-state index < -0.39 is 0 Å². The largest absolute Gasteiger partial charge is 0.322 e. The summed E-state index contributed by atoms with van der Waals surface area (Å²) >= 11 is 5.69. The zero-order chi connectivity index (χ0) is 9.14. The topological polar surface area (TPSA) is 38.9 Å². The number of halogens is 2. The molecule has 0 spiro atoms. The van der Waals surface area contributed by atoms with Crippen LogP contribution < -0.4 is 5.73 Å². The minimum absolute atomic E-state index is 0. The van der Waals surface area contributed by atoms with E-state index in [4.69, 9.17) is 17.3 Å². The van der Waals surface area contributed by atoms with Gasteiger partial charge in [0.15, 0.2) is 0 Å². The van der Waals surface area contributed by atoms with Crippen LogP contribution in [0.3, 0.4) is 0 Å². The van der Waals surface area contributed by atoms with Gasteiger partial charge >= 0.3 is 0 Å². The third kappa shape index (κ3) is 3.51. The van der Waals surface area contributed by atoms with Gasteiger partial charge in [-0.1, -0.05) is 25.4 Å². The van der Waals surface area contributed by atoms with Gasteiger partial charge in [-0.2, -0.15) is 0 Å². The van der Waals surface area contributed by atoms with Crippen molar-refractivity contribution in [2.75, 3.05) is 0 Å². The Morgan fingerprint density at radius 1 is 1.38 bits per heavy atom. The summed E-state index contributed by atoms with van der Waals surface area (Å²) in [6.45, 7) is 4.14. The summed E-state index contributed by atoms with van der Waals surface area (Å²) in [5, 5.41) is 0.648. The third-order valence-corrected chi connectivity index (χ3v) is 2.03. The number of aromatic nitrogens is 1. The molecule has 1 heterocycles.